The maximum Gasteiger partial charge on any atom is 0.319 e. The molecule has 0 unspecified atom stereocenters. The summed E-state index contributed by atoms with van der Waals surface area (Å²) in [6, 6.07) is 1.22. The second-order valence-electron chi connectivity index (χ2n) is 3.56. The van der Waals surface area contributed by atoms with Gasteiger partial charge < -0.3 is 10.6 Å². The van der Waals surface area contributed by atoms with E-state index in [0.29, 0.717) is 33.7 Å². The molecule has 0 atom stereocenters. The van der Waals surface area contributed by atoms with E-state index in [9.17, 15) is 4.79 Å². The van der Waals surface area contributed by atoms with E-state index in [1.54, 1.807) is 6.07 Å². The molecule has 0 spiro atoms. The number of anilines is 1. The van der Waals surface area contributed by atoms with E-state index in [-0.39, 0.29) is 6.03 Å². The van der Waals surface area contributed by atoms with Crippen LogP contribution in [0.4, 0.5) is 21.9 Å². The first-order valence-electron chi connectivity index (χ1n) is 5.28. The van der Waals surface area contributed by atoms with Crippen molar-refractivity contribution in [2.45, 2.75) is 13.3 Å². The van der Waals surface area contributed by atoms with Gasteiger partial charge in [-0.3, -0.25) is 0 Å². The van der Waals surface area contributed by atoms with Gasteiger partial charge in [-0.2, -0.15) is 8.73 Å². The largest absolute Gasteiger partial charge is 0.338 e. The van der Waals surface area contributed by atoms with Crippen LogP contribution in [-0.2, 0) is 11.4 Å². The lowest BCUT2D eigenvalue weighted by atomic mass is 10.2. The number of nitrogens with zero attached hydrogens (tertiary/aromatic N) is 2. The molecule has 0 saturated heterocycles. The Morgan fingerprint density at radius 2 is 2.06 bits per heavy atom. The Labute approximate surface area is 118 Å². The molecule has 96 valence electrons. The van der Waals surface area contributed by atoms with Crippen molar-refractivity contribution in [1.82, 2.24) is 5.32 Å². The molecular weight excluding hydrogens is 295 g/mol. The predicted octanol–water partition coefficient (Wildman–Crippen LogP) is 4.25. The number of hydrogen-bond donors (Lipinski definition) is 2. The molecule has 5 nitrogen and oxygen atoms in total. The van der Waals surface area contributed by atoms with Crippen molar-refractivity contribution in [3.8, 4) is 0 Å². The fourth-order valence-electron chi connectivity index (χ4n) is 1.39. The summed E-state index contributed by atoms with van der Waals surface area (Å²) in [4.78, 5) is 11.6. The zero-order valence-electron chi connectivity index (χ0n) is 9.46. The Bertz CT molecular complexity index is 569. The van der Waals surface area contributed by atoms with Crippen LogP contribution in [0.15, 0.2) is 14.8 Å². The van der Waals surface area contributed by atoms with Crippen LogP contribution in [0.2, 0.25) is 10.0 Å². The zero-order chi connectivity index (χ0) is 13.1. The number of halogens is 2. The SMILES string of the molecule is CCCNC(=O)Nc1c(Cl)cc(Cl)c2c1N=S=N2. The highest BCUT2D eigenvalue weighted by Gasteiger charge is 2.19. The number of amides is 2. The summed E-state index contributed by atoms with van der Waals surface area (Å²) in [6.07, 6.45) is 0.857. The lowest BCUT2D eigenvalue weighted by Crippen LogP contribution is -2.29. The van der Waals surface area contributed by atoms with Crippen molar-refractivity contribution in [3.05, 3.63) is 16.1 Å². The first-order chi connectivity index (χ1) is 8.63. The van der Waals surface area contributed by atoms with Crippen molar-refractivity contribution in [2.75, 3.05) is 11.9 Å². The first kappa shape index (κ1) is 13.3. The Morgan fingerprint density at radius 3 is 2.78 bits per heavy atom. The minimum atomic E-state index is -0.324. The number of hydrogen-bond acceptors (Lipinski definition) is 3. The van der Waals surface area contributed by atoms with Crippen LogP contribution in [0.5, 0.6) is 0 Å². The van der Waals surface area contributed by atoms with Crippen LogP contribution >= 0.6 is 23.2 Å². The topological polar surface area (TPSA) is 65.8 Å². The number of carbonyl (C=O) groups excluding carboxylic acids is 1. The van der Waals surface area contributed by atoms with E-state index in [0.717, 1.165) is 17.8 Å². The molecular formula is C10H10Cl2N4OS. The average Bonchev–Trinajstić information content (AvgIpc) is 2.81. The number of urea groups is 1. The highest BCUT2D eigenvalue weighted by molar-refractivity contribution is 7.58. The predicted molar refractivity (Wildman–Crippen MR) is 75.3 cm³/mol. The highest BCUT2D eigenvalue weighted by atomic mass is 35.5. The van der Waals surface area contributed by atoms with Crippen LogP contribution < -0.4 is 10.6 Å². The molecule has 1 heterocycles. The van der Waals surface area contributed by atoms with Gasteiger partial charge in [0.25, 0.3) is 0 Å². The maximum absolute atomic E-state index is 11.6. The Kier molecular flexibility index (Phi) is 4.21. The van der Waals surface area contributed by atoms with Gasteiger partial charge in [-0.1, -0.05) is 30.1 Å². The van der Waals surface area contributed by atoms with Crippen molar-refractivity contribution in [2.24, 2.45) is 8.73 Å². The van der Waals surface area contributed by atoms with Crippen LogP contribution in [0.1, 0.15) is 13.3 Å². The molecule has 1 aromatic carbocycles. The summed E-state index contributed by atoms with van der Waals surface area (Å²) in [5.41, 5.74) is 1.47. The van der Waals surface area contributed by atoms with Gasteiger partial charge in [0.1, 0.15) is 11.4 Å². The average molecular weight is 305 g/mol. The van der Waals surface area contributed by atoms with Crippen LogP contribution in [0.25, 0.3) is 0 Å². The number of nitrogens with one attached hydrogen (secondary N) is 2. The minimum Gasteiger partial charge on any atom is -0.338 e. The van der Waals surface area contributed by atoms with Gasteiger partial charge in [0.05, 0.1) is 27.1 Å². The van der Waals surface area contributed by atoms with Gasteiger partial charge in [-0.25, -0.2) is 4.79 Å². The number of fused-ring (bicyclic) bond motifs is 1. The summed E-state index contributed by atoms with van der Waals surface area (Å²) < 4.78 is 8.15. The van der Waals surface area contributed by atoms with Crippen LogP contribution in [0.3, 0.4) is 0 Å². The third kappa shape index (κ3) is 2.66. The summed E-state index contributed by atoms with van der Waals surface area (Å²) in [7, 11) is 0. The molecule has 8 heteroatoms. The second-order valence-corrected chi connectivity index (χ2v) is 4.90. The molecule has 2 rings (SSSR count). The summed E-state index contributed by atoms with van der Waals surface area (Å²) >= 11 is 13.1. The maximum atomic E-state index is 11.6. The summed E-state index contributed by atoms with van der Waals surface area (Å²) in [5.74, 6) is 0. The van der Waals surface area contributed by atoms with Gasteiger partial charge in [0.15, 0.2) is 0 Å². The van der Waals surface area contributed by atoms with E-state index in [1.807, 2.05) is 6.92 Å². The number of benzene rings is 1. The molecule has 0 aliphatic carbocycles. The van der Waals surface area contributed by atoms with Crippen molar-refractivity contribution in [3.63, 3.8) is 0 Å². The lowest BCUT2D eigenvalue weighted by Gasteiger charge is -2.11. The highest BCUT2D eigenvalue weighted by Crippen LogP contribution is 2.47. The lowest BCUT2D eigenvalue weighted by molar-refractivity contribution is 0.252. The van der Waals surface area contributed by atoms with Gasteiger partial charge >= 0.3 is 6.03 Å². The normalized spacial score (nSPS) is 11.9. The second kappa shape index (κ2) is 5.69. The Hall–Kier alpha value is -1.11. The molecule has 0 aromatic heterocycles. The minimum absolute atomic E-state index is 0.324. The van der Waals surface area contributed by atoms with E-state index >= 15 is 0 Å². The third-order valence-electron chi connectivity index (χ3n) is 2.22. The summed E-state index contributed by atoms with van der Waals surface area (Å²) in [6.45, 7) is 2.56. The molecule has 18 heavy (non-hydrogen) atoms. The van der Waals surface area contributed by atoms with Crippen LogP contribution in [-0.4, -0.2) is 12.6 Å². The standard InChI is InChI=1S/C10H10Cl2N4OS/c1-2-3-13-10(17)14-7-5(11)4-6(12)8-9(7)16-18-15-8/h4H,2-3H2,1H3,(H2,13,14,17). The van der Waals surface area contributed by atoms with E-state index in [2.05, 4.69) is 19.4 Å². The van der Waals surface area contributed by atoms with Crippen molar-refractivity contribution >= 4 is 57.6 Å². The van der Waals surface area contributed by atoms with E-state index in [1.165, 1.54) is 0 Å². The zero-order valence-corrected chi connectivity index (χ0v) is 11.8. The van der Waals surface area contributed by atoms with Gasteiger partial charge in [-0.05, 0) is 12.5 Å². The van der Waals surface area contributed by atoms with Gasteiger partial charge in [-0.15, -0.1) is 0 Å². The molecule has 1 aliphatic heterocycles. The Morgan fingerprint density at radius 1 is 1.33 bits per heavy atom. The summed E-state index contributed by atoms with van der Waals surface area (Å²) in [5, 5.41) is 6.12. The molecule has 0 radical (unpaired) electrons. The molecule has 0 bridgehead atoms. The molecule has 0 saturated carbocycles. The molecule has 1 aliphatic rings. The number of carbonyl (C=O) groups is 1. The quantitative estimate of drug-likeness (QED) is 0.874. The number of rotatable bonds is 3. The smallest absolute Gasteiger partial charge is 0.319 e. The van der Waals surface area contributed by atoms with Crippen LogP contribution in [0, 0.1) is 0 Å². The van der Waals surface area contributed by atoms with Gasteiger partial charge in [0, 0.05) is 6.54 Å². The Balaban J connectivity index is 2.27. The first-order valence-corrected chi connectivity index (χ1v) is 6.77. The van der Waals surface area contributed by atoms with E-state index in [4.69, 9.17) is 23.2 Å². The van der Waals surface area contributed by atoms with Gasteiger partial charge in [0.2, 0.25) is 0 Å². The monoisotopic (exact) mass is 304 g/mol. The molecule has 0 fully saturated rings. The third-order valence-corrected chi connectivity index (χ3v) is 3.33. The van der Waals surface area contributed by atoms with Crippen molar-refractivity contribution < 1.29 is 4.79 Å². The fraction of sp³-hybridized carbons (Fsp3) is 0.300. The van der Waals surface area contributed by atoms with Crippen molar-refractivity contribution in [1.29, 1.82) is 0 Å². The molecule has 2 N–H and O–H groups in total. The molecule has 2 amide bonds. The van der Waals surface area contributed by atoms with E-state index < -0.39 is 0 Å². The fourth-order valence-corrected chi connectivity index (χ4v) is 2.55. The molecule has 1 aromatic rings.